The summed E-state index contributed by atoms with van der Waals surface area (Å²) in [5.41, 5.74) is -0.623. The lowest BCUT2D eigenvalue weighted by molar-refractivity contribution is -0.137. The van der Waals surface area contributed by atoms with Gasteiger partial charge in [-0.1, -0.05) is 23.7 Å². The molecule has 2 aromatic rings. The third-order valence-corrected chi connectivity index (χ3v) is 5.50. The molecular formula is C21H21ClF4N2O. The number of hydrogen-bond donors (Lipinski definition) is 2. The summed E-state index contributed by atoms with van der Waals surface area (Å²) in [6, 6.07) is 9.06. The molecule has 8 heteroatoms. The lowest BCUT2D eigenvalue weighted by atomic mass is 9.86. The summed E-state index contributed by atoms with van der Waals surface area (Å²) >= 11 is 5.93. The normalized spacial score (nSPS) is 19.6. The number of nitrogens with one attached hydrogen (secondary N) is 2. The summed E-state index contributed by atoms with van der Waals surface area (Å²) < 4.78 is 52.3. The zero-order valence-corrected chi connectivity index (χ0v) is 16.3. The summed E-state index contributed by atoms with van der Waals surface area (Å²) in [4.78, 5) is 12.4. The summed E-state index contributed by atoms with van der Waals surface area (Å²) in [6.45, 7) is 0.626. The number of benzene rings is 2. The van der Waals surface area contributed by atoms with Gasteiger partial charge in [-0.15, -0.1) is 0 Å². The summed E-state index contributed by atoms with van der Waals surface area (Å²) in [5, 5.41) is 5.88. The molecule has 1 fully saturated rings. The van der Waals surface area contributed by atoms with Crippen LogP contribution in [0.3, 0.4) is 0 Å². The van der Waals surface area contributed by atoms with Gasteiger partial charge in [-0.2, -0.15) is 13.2 Å². The molecule has 0 atom stereocenters. The van der Waals surface area contributed by atoms with E-state index in [2.05, 4.69) is 10.6 Å². The molecule has 0 bridgehead atoms. The van der Waals surface area contributed by atoms with E-state index in [1.54, 1.807) is 18.2 Å². The van der Waals surface area contributed by atoms with E-state index in [9.17, 15) is 22.4 Å². The van der Waals surface area contributed by atoms with Crippen LogP contribution < -0.4 is 10.6 Å². The predicted molar refractivity (Wildman–Crippen MR) is 105 cm³/mol. The minimum Gasteiger partial charge on any atom is -0.382 e. The highest BCUT2D eigenvalue weighted by molar-refractivity contribution is 6.33. The fourth-order valence-electron chi connectivity index (χ4n) is 3.51. The molecule has 0 unspecified atom stereocenters. The first kappa shape index (κ1) is 21.4. The third-order valence-electron chi connectivity index (χ3n) is 5.18. The molecule has 1 aliphatic rings. The van der Waals surface area contributed by atoms with Crippen LogP contribution in [0.25, 0.3) is 0 Å². The molecule has 1 amide bonds. The van der Waals surface area contributed by atoms with E-state index in [0.29, 0.717) is 31.0 Å². The van der Waals surface area contributed by atoms with Gasteiger partial charge < -0.3 is 10.6 Å². The Balaban J connectivity index is 1.52. The van der Waals surface area contributed by atoms with Gasteiger partial charge in [0.2, 0.25) is 0 Å². The number of halogens is 5. The van der Waals surface area contributed by atoms with Crippen LogP contribution in [0.15, 0.2) is 42.5 Å². The monoisotopic (exact) mass is 428 g/mol. The number of hydrogen-bond acceptors (Lipinski definition) is 2. The van der Waals surface area contributed by atoms with Gasteiger partial charge in [0.1, 0.15) is 5.82 Å². The molecule has 0 aromatic heterocycles. The van der Waals surface area contributed by atoms with E-state index in [1.807, 2.05) is 0 Å². The molecular weight excluding hydrogens is 408 g/mol. The van der Waals surface area contributed by atoms with Crippen LogP contribution in [0.1, 0.15) is 41.6 Å². The van der Waals surface area contributed by atoms with E-state index in [0.717, 1.165) is 31.0 Å². The van der Waals surface area contributed by atoms with Crippen molar-refractivity contribution in [1.29, 1.82) is 0 Å². The first-order chi connectivity index (χ1) is 13.7. The number of rotatable bonds is 5. The molecule has 0 aliphatic heterocycles. The Kier molecular flexibility index (Phi) is 6.67. The maximum absolute atomic E-state index is 13.7. The Morgan fingerprint density at radius 2 is 1.76 bits per heavy atom. The highest BCUT2D eigenvalue weighted by Gasteiger charge is 2.32. The molecule has 0 saturated heterocycles. The summed E-state index contributed by atoms with van der Waals surface area (Å²) in [6.07, 6.45) is -1.49. The molecule has 0 heterocycles. The van der Waals surface area contributed by atoms with Crippen LogP contribution in [0, 0.1) is 11.7 Å². The van der Waals surface area contributed by atoms with Gasteiger partial charge >= 0.3 is 6.18 Å². The largest absolute Gasteiger partial charge is 0.416 e. The van der Waals surface area contributed by atoms with Gasteiger partial charge in [-0.25, -0.2) is 4.39 Å². The predicted octanol–water partition coefficient (Wildman–Crippen LogP) is 5.90. The number of anilines is 1. The van der Waals surface area contributed by atoms with E-state index < -0.39 is 17.6 Å². The Hall–Kier alpha value is -2.28. The molecule has 156 valence electrons. The molecule has 3 nitrogen and oxygen atoms in total. The number of carbonyl (C=O) groups excluding carboxylic acids is 1. The standard InChI is InChI=1S/C21H21ClF4N2O/c22-17-10-7-14(21(24,25)26)11-16(17)20(29)28-15-8-5-13(6-9-15)12-27-19-4-2-1-3-18(19)23/h1-4,7,10-11,13,15,27H,5-6,8-9,12H2,(H,28,29)/t13-,15-. The van der Waals surface area contributed by atoms with E-state index in [1.165, 1.54) is 6.07 Å². The molecule has 1 aliphatic carbocycles. The third kappa shape index (κ3) is 5.63. The first-order valence-corrected chi connectivity index (χ1v) is 9.78. The SMILES string of the molecule is O=C(N[C@H]1CC[C@H](CNc2ccccc2F)CC1)c1cc(C(F)(F)F)ccc1Cl. The van der Waals surface area contributed by atoms with Gasteiger partial charge in [-0.3, -0.25) is 4.79 Å². The van der Waals surface area contributed by atoms with E-state index in [-0.39, 0.29) is 22.4 Å². The highest BCUT2D eigenvalue weighted by Crippen LogP contribution is 2.32. The smallest absolute Gasteiger partial charge is 0.382 e. The van der Waals surface area contributed by atoms with Crippen molar-refractivity contribution >= 4 is 23.2 Å². The number of amides is 1. The van der Waals surface area contributed by atoms with Crippen LogP contribution in [0.5, 0.6) is 0 Å². The number of para-hydroxylation sites is 1. The molecule has 0 radical (unpaired) electrons. The van der Waals surface area contributed by atoms with E-state index >= 15 is 0 Å². The Morgan fingerprint density at radius 1 is 1.07 bits per heavy atom. The quantitative estimate of drug-likeness (QED) is 0.582. The highest BCUT2D eigenvalue weighted by atomic mass is 35.5. The fourth-order valence-corrected chi connectivity index (χ4v) is 3.71. The molecule has 2 N–H and O–H groups in total. The second-order valence-corrected chi connectivity index (χ2v) is 7.65. The van der Waals surface area contributed by atoms with Crippen molar-refractivity contribution in [3.05, 3.63) is 64.4 Å². The minimum absolute atomic E-state index is 0.0155. The lowest BCUT2D eigenvalue weighted by Crippen LogP contribution is -2.38. The maximum Gasteiger partial charge on any atom is 0.416 e. The second-order valence-electron chi connectivity index (χ2n) is 7.24. The molecule has 3 rings (SSSR count). The molecule has 0 spiro atoms. The van der Waals surface area contributed by atoms with Crippen molar-refractivity contribution in [2.24, 2.45) is 5.92 Å². The molecule has 2 aromatic carbocycles. The zero-order valence-electron chi connectivity index (χ0n) is 15.5. The van der Waals surface area contributed by atoms with Gasteiger partial charge in [0.25, 0.3) is 5.91 Å². The van der Waals surface area contributed by atoms with Gasteiger partial charge in [-0.05, 0) is 61.9 Å². The minimum atomic E-state index is -4.54. The Labute approximate surface area is 171 Å². The molecule has 29 heavy (non-hydrogen) atoms. The maximum atomic E-state index is 13.7. The van der Waals surface area contributed by atoms with Crippen molar-refractivity contribution in [2.75, 3.05) is 11.9 Å². The fraction of sp³-hybridized carbons (Fsp3) is 0.381. The number of alkyl halides is 3. The van der Waals surface area contributed by atoms with Crippen LogP contribution in [-0.4, -0.2) is 18.5 Å². The zero-order chi connectivity index (χ0) is 21.0. The average Bonchev–Trinajstić information content (AvgIpc) is 2.68. The first-order valence-electron chi connectivity index (χ1n) is 9.40. The topological polar surface area (TPSA) is 41.1 Å². The molecule has 1 saturated carbocycles. The van der Waals surface area contributed by atoms with Crippen LogP contribution >= 0.6 is 11.6 Å². The summed E-state index contributed by atoms with van der Waals surface area (Å²) in [7, 11) is 0. The van der Waals surface area contributed by atoms with E-state index in [4.69, 9.17) is 11.6 Å². The van der Waals surface area contributed by atoms with Crippen LogP contribution in [0.2, 0.25) is 5.02 Å². The Morgan fingerprint density at radius 3 is 2.41 bits per heavy atom. The second kappa shape index (κ2) is 9.03. The van der Waals surface area contributed by atoms with Gasteiger partial charge in [0, 0.05) is 12.6 Å². The number of carbonyl (C=O) groups is 1. The van der Waals surface area contributed by atoms with Crippen molar-refractivity contribution in [3.63, 3.8) is 0 Å². The van der Waals surface area contributed by atoms with Crippen LogP contribution in [0.4, 0.5) is 23.2 Å². The Bertz CT molecular complexity index is 864. The van der Waals surface area contributed by atoms with Crippen molar-refractivity contribution < 1.29 is 22.4 Å². The average molecular weight is 429 g/mol. The van der Waals surface area contributed by atoms with Gasteiger partial charge in [0.05, 0.1) is 21.8 Å². The van der Waals surface area contributed by atoms with Crippen LogP contribution in [-0.2, 0) is 6.18 Å². The van der Waals surface area contributed by atoms with Crippen molar-refractivity contribution in [1.82, 2.24) is 5.32 Å². The summed E-state index contributed by atoms with van der Waals surface area (Å²) in [5.74, 6) is -0.569. The lowest BCUT2D eigenvalue weighted by Gasteiger charge is -2.29. The van der Waals surface area contributed by atoms with Crippen molar-refractivity contribution in [2.45, 2.75) is 37.9 Å². The van der Waals surface area contributed by atoms with Crippen molar-refractivity contribution in [3.8, 4) is 0 Å². The van der Waals surface area contributed by atoms with Gasteiger partial charge in [0.15, 0.2) is 0 Å².